The van der Waals surface area contributed by atoms with Crippen molar-refractivity contribution in [3.8, 4) is 0 Å². The van der Waals surface area contributed by atoms with E-state index in [1.165, 1.54) is 0 Å². The van der Waals surface area contributed by atoms with E-state index in [1.807, 2.05) is 0 Å². The van der Waals surface area contributed by atoms with E-state index in [2.05, 4.69) is 0 Å². The van der Waals surface area contributed by atoms with Gasteiger partial charge in [-0.1, -0.05) is 0 Å². The van der Waals surface area contributed by atoms with Crippen molar-refractivity contribution in [2.24, 2.45) is 0 Å². The molecule has 34 valence electrons. The van der Waals surface area contributed by atoms with Crippen molar-refractivity contribution in [1.82, 2.24) is 0 Å². The summed E-state index contributed by atoms with van der Waals surface area (Å²) in [6.07, 6.45) is 0. The quantitative estimate of drug-likeness (QED) is 0.435. The van der Waals surface area contributed by atoms with E-state index < -0.39 is 6.68 Å². The molecule has 0 aliphatic carbocycles. The zero-order chi connectivity index (χ0) is 3.58. The van der Waals surface area contributed by atoms with Gasteiger partial charge >= 0.3 is 23.7 Å². The summed E-state index contributed by atoms with van der Waals surface area (Å²) in [6.45, 7) is -3.67. The summed E-state index contributed by atoms with van der Waals surface area (Å²) in [6, 6.07) is 0. The van der Waals surface area contributed by atoms with Gasteiger partial charge in [0.2, 0.25) is 0 Å². The van der Waals surface area contributed by atoms with E-state index in [1.54, 1.807) is 0 Å². The molecule has 0 spiro atoms. The average molecular weight is 151 g/mol. The molecular weight excluding hydrogens is 148 g/mol. The van der Waals surface area contributed by atoms with Crippen molar-refractivity contribution in [1.29, 1.82) is 0 Å². The summed E-state index contributed by atoms with van der Waals surface area (Å²) < 4.78 is 29.0. The summed E-state index contributed by atoms with van der Waals surface area (Å²) in [5.74, 6) is 0. The Balaban J connectivity index is 0. The summed E-state index contributed by atoms with van der Waals surface area (Å²) >= 11 is 0. The molecule has 0 N–H and O–H groups in total. The number of halogens is 3. The molecule has 0 rings (SSSR count). The van der Waals surface area contributed by atoms with Gasteiger partial charge in [0.05, 0.1) is 0 Å². The molecule has 0 saturated carbocycles. The van der Waals surface area contributed by atoms with Gasteiger partial charge in [-0.25, -0.2) is 0 Å². The molecule has 0 aliphatic heterocycles. The summed E-state index contributed by atoms with van der Waals surface area (Å²) in [7, 11) is 0. The molecular formula is CH3F3Se. The van der Waals surface area contributed by atoms with Gasteiger partial charge in [0, 0.05) is 0 Å². The van der Waals surface area contributed by atoms with E-state index in [0.717, 1.165) is 0 Å². The molecule has 0 nitrogen and oxygen atoms in total. The van der Waals surface area contributed by atoms with Gasteiger partial charge in [-0.05, 0) is 0 Å². The molecule has 4 heteroatoms. The van der Waals surface area contributed by atoms with Crippen molar-refractivity contribution in [2.75, 3.05) is 0 Å². The molecule has 0 amide bonds. The van der Waals surface area contributed by atoms with Crippen molar-refractivity contribution < 1.29 is 13.2 Å². The Morgan fingerprint density at radius 3 is 1.00 bits per heavy atom. The van der Waals surface area contributed by atoms with Crippen LogP contribution in [0.4, 0.5) is 13.2 Å². The van der Waals surface area contributed by atoms with Gasteiger partial charge in [0.25, 0.3) is 0 Å². The van der Waals surface area contributed by atoms with Crippen LogP contribution >= 0.6 is 0 Å². The number of hydrogen-bond acceptors (Lipinski definition) is 0. The van der Waals surface area contributed by atoms with Gasteiger partial charge in [-0.2, -0.15) is 13.2 Å². The van der Waals surface area contributed by atoms with E-state index in [4.69, 9.17) is 0 Å². The third kappa shape index (κ3) is 240. The Morgan fingerprint density at radius 2 is 1.00 bits per heavy atom. The fourth-order valence-electron chi connectivity index (χ4n) is 0. The average Bonchev–Trinajstić information content (AvgIpc) is 0.811. The molecule has 0 saturated heterocycles. The maximum absolute atomic E-state index is 9.67. The number of rotatable bonds is 0. The molecule has 0 aromatic heterocycles. The minimum absolute atomic E-state index is 0. The zero-order valence-electron chi connectivity index (χ0n) is 2.21. The van der Waals surface area contributed by atoms with E-state index in [9.17, 15) is 13.2 Å². The third-order valence-corrected chi connectivity index (χ3v) is 0. The monoisotopic (exact) mass is 152 g/mol. The van der Waals surface area contributed by atoms with Crippen molar-refractivity contribution in [3.05, 3.63) is 0 Å². The fourth-order valence-corrected chi connectivity index (χ4v) is 0. The van der Waals surface area contributed by atoms with Crippen molar-refractivity contribution in [2.45, 2.75) is 6.68 Å². The Bertz CT molecular complexity index is 11.6. The van der Waals surface area contributed by atoms with Gasteiger partial charge in [0.15, 0.2) is 0 Å². The molecule has 0 aromatic rings. The van der Waals surface area contributed by atoms with Gasteiger partial charge in [0.1, 0.15) is 0 Å². The SMILES string of the molecule is FC(F)F.[SeH2]. The summed E-state index contributed by atoms with van der Waals surface area (Å²) in [5.41, 5.74) is 0. The molecule has 0 unspecified atom stereocenters. The predicted molar refractivity (Wildman–Crippen MR) is 15.7 cm³/mol. The predicted octanol–water partition coefficient (Wildman–Crippen LogP) is 0.262. The second-order valence-corrected chi connectivity index (χ2v) is 0.247. The molecule has 0 aromatic carbocycles. The van der Waals surface area contributed by atoms with E-state index >= 15 is 0 Å². The first-order valence-corrected chi connectivity index (χ1v) is 0.655. The van der Waals surface area contributed by atoms with Crippen molar-refractivity contribution in [3.63, 3.8) is 0 Å². The molecule has 0 heterocycles. The standard InChI is InChI=1S/CHF3.H2Se/c2-1(3)4;/h1H;1H2. The molecule has 0 atom stereocenters. The minimum atomic E-state index is -3.67. The first-order valence-electron chi connectivity index (χ1n) is 0.655. The first kappa shape index (κ1) is 9.00. The van der Waals surface area contributed by atoms with Gasteiger partial charge < -0.3 is 0 Å². The van der Waals surface area contributed by atoms with Crippen LogP contribution in [0.2, 0.25) is 0 Å². The molecule has 0 aliphatic rings. The summed E-state index contributed by atoms with van der Waals surface area (Å²) in [4.78, 5) is 0. The molecule has 5 heavy (non-hydrogen) atoms. The van der Waals surface area contributed by atoms with Crippen LogP contribution in [0.15, 0.2) is 0 Å². The third-order valence-electron chi connectivity index (χ3n) is 0. The maximum atomic E-state index is 9.67. The second kappa shape index (κ2) is 4.31. The Hall–Kier alpha value is 0.309. The first-order chi connectivity index (χ1) is 1.73. The van der Waals surface area contributed by atoms with Crippen LogP contribution in [-0.2, 0) is 0 Å². The number of alkyl halides is 3. The summed E-state index contributed by atoms with van der Waals surface area (Å²) in [5, 5.41) is 0. The van der Waals surface area contributed by atoms with Gasteiger partial charge in [-0.15, -0.1) is 0 Å². The van der Waals surface area contributed by atoms with Gasteiger partial charge in [-0.3, -0.25) is 0 Å². The van der Waals surface area contributed by atoms with Crippen LogP contribution in [0.1, 0.15) is 0 Å². The van der Waals surface area contributed by atoms with Crippen LogP contribution in [0.25, 0.3) is 0 Å². The normalized spacial score (nSPS) is 7.20. The zero-order valence-corrected chi connectivity index (χ0v) is 4.31. The Labute approximate surface area is 37.8 Å². The van der Waals surface area contributed by atoms with E-state index in [0.29, 0.717) is 0 Å². The Morgan fingerprint density at radius 1 is 1.00 bits per heavy atom. The molecule has 0 bridgehead atoms. The second-order valence-electron chi connectivity index (χ2n) is 0.247. The molecule has 0 radical (unpaired) electrons. The van der Waals surface area contributed by atoms with E-state index in [-0.39, 0.29) is 17.1 Å². The topological polar surface area (TPSA) is 0 Å². The van der Waals surface area contributed by atoms with Crippen LogP contribution in [-0.4, -0.2) is 23.7 Å². The Kier molecular flexibility index (Phi) is 7.76. The van der Waals surface area contributed by atoms with Crippen LogP contribution in [0, 0.1) is 0 Å². The molecule has 0 fully saturated rings. The van der Waals surface area contributed by atoms with Crippen LogP contribution in [0.5, 0.6) is 0 Å². The van der Waals surface area contributed by atoms with Crippen molar-refractivity contribution >= 4 is 17.1 Å². The van der Waals surface area contributed by atoms with Crippen LogP contribution in [0.3, 0.4) is 0 Å². The number of hydrogen-bond donors (Lipinski definition) is 0. The van der Waals surface area contributed by atoms with Crippen LogP contribution < -0.4 is 0 Å². The fraction of sp³-hybridized carbons (Fsp3) is 1.00.